The first-order valence-electron chi connectivity index (χ1n) is 10.00. The van der Waals surface area contributed by atoms with Gasteiger partial charge in [0.1, 0.15) is 11.1 Å². The van der Waals surface area contributed by atoms with Crippen LogP contribution in [0.25, 0.3) is 0 Å². The summed E-state index contributed by atoms with van der Waals surface area (Å²) < 4.78 is 55.6. The molecule has 1 fully saturated rings. The summed E-state index contributed by atoms with van der Waals surface area (Å²) in [6, 6.07) is 6.66. The normalized spacial score (nSPS) is 16.4. The second-order valence-electron chi connectivity index (χ2n) is 9.30. The molecule has 33 heavy (non-hydrogen) atoms. The molecule has 0 aliphatic carbocycles. The third-order valence-electron chi connectivity index (χ3n) is 5.50. The van der Waals surface area contributed by atoms with Gasteiger partial charge >= 0.3 is 6.18 Å². The molecular formula is C23H22F4N4OS. The number of anilines is 2. The highest BCUT2D eigenvalue weighted by Crippen LogP contribution is 2.42. The van der Waals surface area contributed by atoms with Gasteiger partial charge in [0, 0.05) is 11.1 Å². The average Bonchev–Trinajstić information content (AvgIpc) is 2.85. The second-order valence-corrected chi connectivity index (χ2v) is 9.66. The van der Waals surface area contributed by atoms with Crippen LogP contribution in [0.5, 0.6) is 0 Å². The summed E-state index contributed by atoms with van der Waals surface area (Å²) in [4.78, 5) is 20.1. The zero-order valence-electron chi connectivity index (χ0n) is 18.9. The number of amides is 1. The SMILES string of the molecule is Cc1nc(C(C)(C)C)ccc1N1C(=S)N(c2ccc(C#N)c(C(F)(F)F)c2F)C(=O)C1(C)C. The van der Waals surface area contributed by atoms with E-state index in [9.17, 15) is 18.0 Å². The van der Waals surface area contributed by atoms with Crippen LogP contribution in [0.4, 0.5) is 28.9 Å². The van der Waals surface area contributed by atoms with Crippen molar-refractivity contribution < 1.29 is 22.4 Å². The Morgan fingerprint density at radius 2 is 1.67 bits per heavy atom. The van der Waals surface area contributed by atoms with Crippen LogP contribution in [0.15, 0.2) is 24.3 Å². The van der Waals surface area contributed by atoms with Gasteiger partial charge in [0.15, 0.2) is 10.9 Å². The molecule has 0 radical (unpaired) electrons. The molecule has 3 rings (SSSR count). The van der Waals surface area contributed by atoms with Crippen molar-refractivity contribution >= 4 is 34.6 Å². The zero-order valence-corrected chi connectivity index (χ0v) is 19.7. The topological polar surface area (TPSA) is 60.2 Å². The molecule has 0 atom stereocenters. The van der Waals surface area contributed by atoms with Crippen LogP contribution in [-0.2, 0) is 16.4 Å². The maximum Gasteiger partial charge on any atom is 0.420 e. The van der Waals surface area contributed by atoms with Crippen molar-refractivity contribution in [3.63, 3.8) is 0 Å². The van der Waals surface area contributed by atoms with Gasteiger partial charge in [-0.15, -0.1) is 0 Å². The third kappa shape index (κ3) is 3.95. The van der Waals surface area contributed by atoms with E-state index >= 15 is 4.39 Å². The molecule has 0 N–H and O–H groups in total. The van der Waals surface area contributed by atoms with Crippen LogP contribution in [-0.4, -0.2) is 21.5 Å². The molecule has 1 amide bonds. The molecule has 1 aromatic carbocycles. The Morgan fingerprint density at radius 3 is 2.15 bits per heavy atom. The highest BCUT2D eigenvalue weighted by atomic mass is 32.1. The molecule has 1 saturated heterocycles. The minimum atomic E-state index is -5.13. The van der Waals surface area contributed by atoms with E-state index in [1.54, 1.807) is 32.9 Å². The number of carbonyl (C=O) groups is 1. The lowest BCUT2D eigenvalue weighted by Gasteiger charge is -2.31. The Hall–Kier alpha value is -3.06. The molecule has 0 spiro atoms. The number of hydrogen-bond acceptors (Lipinski definition) is 4. The molecule has 0 bridgehead atoms. The van der Waals surface area contributed by atoms with E-state index < -0.39 is 40.3 Å². The first-order chi connectivity index (χ1) is 15.0. The van der Waals surface area contributed by atoms with Crippen molar-refractivity contribution in [3.05, 3.63) is 52.6 Å². The number of rotatable bonds is 2. The summed E-state index contributed by atoms with van der Waals surface area (Å²) in [6.07, 6.45) is -5.13. The number of nitrogens with zero attached hydrogens (tertiary/aromatic N) is 4. The third-order valence-corrected chi connectivity index (χ3v) is 5.87. The van der Waals surface area contributed by atoms with Gasteiger partial charge in [0.25, 0.3) is 5.91 Å². The summed E-state index contributed by atoms with van der Waals surface area (Å²) >= 11 is 5.47. The molecule has 174 valence electrons. The molecule has 2 heterocycles. The smallest absolute Gasteiger partial charge is 0.302 e. The number of benzene rings is 1. The number of aromatic nitrogens is 1. The Labute approximate surface area is 194 Å². The fourth-order valence-electron chi connectivity index (χ4n) is 3.73. The lowest BCUT2D eigenvalue weighted by Crippen LogP contribution is -2.44. The van der Waals surface area contributed by atoms with E-state index in [4.69, 9.17) is 17.5 Å². The molecule has 0 unspecified atom stereocenters. The number of carbonyl (C=O) groups excluding carboxylic acids is 1. The molecule has 5 nitrogen and oxygen atoms in total. The van der Waals surface area contributed by atoms with Crippen LogP contribution in [0.1, 0.15) is 57.1 Å². The molecule has 2 aromatic rings. The fourth-order valence-corrected chi connectivity index (χ4v) is 4.24. The summed E-state index contributed by atoms with van der Waals surface area (Å²) in [5.74, 6) is -2.43. The Bertz CT molecular complexity index is 1210. The van der Waals surface area contributed by atoms with Gasteiger partial charge in [-0.2, -0.15) is 18.4 Å². The lowest BCUT2D eigenvalue weighted by atomic mass is 9.91. The van der Waals surface area contributed by atoms with Crippen molar-refractivity contribution in [1.82, 2.24) is 4.98 Å². The van der Waals surface area contributed by atoms with E-state index in [2.05, 4.69) is 4.98 Å². The number of alkyl halides is 3. The minimum absolute atomic E-state index is 0.185. The van der Waals surface area contributed by atoms with Gasteiger partial charge in [-0.05, 0) is 57.3 Å². The van der Waals surface area contributed by atoms with Gasteiger partial charge in [0.2, 0.25) is 0 Å². The summed E-state index contributed by atoms with van der Waals surface area (Å²) in [5.41, 5.74) is -2.98. The van der Waals surface area contributed by atoms with Gasteiger partial charge in [-0.3, -0.25) is 14.7 Å². The Balaban J connectivity index is 2.18. The first kappa shape index (κ1) is 24.6. The highest BCUT2D eigenvalue weighted by molar-refractivity contribution is 7.81. The number of pyridine rings is 1. The van der Waals surface area contributed by atoms with E-state index in [0.29, 0.717) is 11.4 Å². The van der Waals surface area contributed by atoms with Crippen LogP contribution in [0.3, 0.4) is 0 Å². The number of thiocarbonyl (C=S) groups is 1. The molecule has 10 heteroatoms. The summed E-state index contributed by atoms with van der Waals surface area (Å²) in [6.45, 7) is 10.8. The first-order valence-corrected chi connectivity index (χ1v) is 10.4. The van der Waals surface area contributed by atoms with Crippen molar-refractivity contribution in [2.45, 2.75) is 58.7 Å². The van der Waals surface area contributed by atoms with Crippen molar-refractivity contribution in [1.29, 1.82) is 5.26 Å². The maximum absolute atomic E-state index is 15.1. The van der Waals surface area contributed by atoms with Crippen molar-refractivity contribution in [2.24, 2.45) is 0 Å². The quantitative estimate of drug-likeness (QED) is 0.413. The lowest BCUT2D eigenvalue weighted by molar-refractivity contribution is -0.140. The monoisotopic (exact) mass is 478 g/mol. The van der Waals surface area contributed by atoms with Gasteiger partial charge in [-0.25, -0.2) is 4.39 Å². The molecule has 0 saturated carbocycles. The number of nitriles is 1. The van der Waals surface area contributed by atoms with Crippen molar-refractivity contribution in [2.75, 3.05) is 9.80 Å². The number of aryl methyl sites for hydroxylation is 1. The number of halogens is 4. The highest BCUT2D eigenvalue weighted by Gasteiger charge is 2.52. The predicted molar refractivity (Wildman–Crippen MR) is 120 cm³/mol. The number of hydrogen-bond donors (Lipinski definition) is 0. The molecule has 1 aliphatic heterocycles. The van der Waals surface area contributed by atoms with E-state index in [-0.39, 0.29) is 10.5 Å². The van der Waals surface area contributed by atoms with Crippen molar-refractivity contribution in [3.8, 4) is 6.07 Å². The Kier molecular flexibility index (Phi) is 5.78. The fraction of sp³-hybridized carbons (Fsp3) is 0.391. The van der Waals surface area contributed by atoms with E-state index in [0.717, 1.165) is 22.7 Å². The zero-order chi connectivity index (χ0) is 25.1. The van der Waals surface area contributed by atoms with Gasteiger partial charge in [-0.1, -0.05) is 20.8 Å². The van der Waals surface area contributed by atoms with Crippen LogP contribution in [0, 0.1) is 24.1 Å². The van der Waals surface area contributed by atoms with Crippen LogP contribution >= 0.6 is 12.2 Å². The maximum atomic E-state index is 15.1. The van der Waals surface area contributed by atoms with Gasteiger partial charge in [0.05, 0.1) is 28.7 Å². The standard InChI is InChI=1S/C23H22F4N4OS/c1-12-14(9-10-16(29-12)21(2,3)4)31-20(33)30(19(32)22(31,5)6)15-8-7-13(11-28)17(18(15)24)23(25,26)27/h7-10H,1-6H3. The van der Waals surface area contributed by atoms with Crippen LogP contribution < -0.4 is 9.80 Å². The summed E-state index contributed by atoms with van der Waals surface area (Å²) in [5, 5.41) is 8.83. The van der Waals surface area contributed by atoms with E-state index in [1.807, 2.05) is 20.8 Å². The molecule has 1 aromatic heterocycles. The van der Waals surface area contributed by atoms with E-state index in [1.165, 1.54) is 11.0 Å². The molecule has 1 aliphatic rings. The average molecular weight is 479 g/mol. The largest absolute Gasteiger partial charge is 0.420 e. The molecular weight excluding hydrogens is 456 g/mol. The summed E-state index contributed by atoms with van der Waals surface area (Å²) in [7, 11) is 0. The predicted octanol–water partition coefficient (Wildman–Crippen LogP) is 5.63. The minimum Gasteiger partial charge on any atom is -0.302 e. The second kappa shape index (κ2) is 7.76. The van der Waals surface area contributed by atoms with Gasteiger partial charge < -0.3 is 4.90 Å². The van der Waals surface area contributed by atoms with Crippen LogP contribution in [0.2, 0.25) is 0 Å². The Morgan fingerprint density at radius 1 is 1.09 bits per heavy atom.